The zero-order chi connectivity index (χ0) is 23.5. The van der Waals surface area contributed by atoms with Crippen molar-refractivity contribution in [2.24, 2.45) is 0 Å². The number of carbonyl (C=O) groups is 3. The first-order chi connectivity index (χ1) is 15.8. The zero-order valence-corrected chi connectivity index (χ0v) is 19.8. The van der Waals surface area contributed by atoms with Gasteiger partial charge in [0.25, 0.3) is 11.8 Å². The van der Waals surface area contributed by atoms with E-state index in [1.165, 1.54) is 6.08 Å². The number of ether oxygens (including phenoxy) is 1. The Kier molecular flexibility index (Phi) is 6.62. The number of nitrogens with one attached hydrogen (secondary N) is 1. The van der Waals surface area contributed by atoms with Crippen molar-refractivity contribution in [1.29, 1.82) is 0 Å². The number of urea groups is 1. The number of carbonyl (C=O) groups excluding carboxylic acids is 3. The number of anilines is 1. The number of benzene rings is 3. The molecule has 0 radical (unpaired) electrons. The fourth-order valence-electron chi connectivity index (χ4n) is 3.37. The van der Waals surface area contributed by atoms with Crippen LogP contribution in [0.25, 0.3) is 6.08 Å². The average molecular weight is 526 g/mol. The molecule has 1 saturated heterocycles. The maximum absolute atomic E-state index is 13.1. The summed E-state index contributed by atoms with van der Waals surface area (Å²) >= 11 is 9.72. The summed E-state index contributed by atoms with van der Waals surface area (Å²) < 4.78 is 6.58. The van der Waals surface area contributed by atoms with Crippen molar-refractivity contribution in [3.05, 3.63) is 98.5 Å². The lowest BCUT2D eigenvalue weighted by Crippen LogP contribution is -2.54. The number of amides is 4. The first kappa shape index (κ1) is 22.8. The average Bonchev–Trinajstić information content (AvgIpc) is 2.78. The number of imide groups is 2. The Morgan fingerprint density at radius 1 is 1.03 bits per heavy atom. The first-order valence-corrected chi connectivity index (χ1v) is 11.1. The summed E-state index contributed by atoms with van der Waals surface area (Å²) in [6.07, 6.45) is 1.40. The van der Waals surface area contributed by atoms with Crippen molar-refractivity contribution in [1.82, 2.24) is 5.32 Å². The van der Waals surface area contributed by atoms with Gasteiger partial charge < -0.3 is 4.74 Å². The summed E-state index contributed by atoms with van der Waals surface area (Å²) in [5, 5.41) is 2.56. The molecule has 8 heteroatoms. The van der Waals surface area contributed by atoms with Gasteiger partial charge in [0.05, 0.1) is 10.7 Å². The second-order valence-electron chi connectivity index (χ2n) is 7.35. The van der Waals surface area contributed by atoms with Crippen LogP contribution in [0.4, 0.5) is 10.5 Å². The van der Waals surface area contributed by atoms with Gasteiger partial charge in [-0.25, -0.2) is 9.69 Å². The molecule has 1 N–H and O–H groups in total. The molecule has 6 nitrogen and oxygen atoms in total. The van der Waals surface area contributed by atoms with E-state index in [-0.39, 0.29) is 5.57 Å². The molecule has 0 saturated carbocycles. The van der Waals surface area contributed by atoms with E-state index in [0.29, 0.717) is 34.2 Å². The van der Waals surface area contributed by atoms with Crippen LogP contribution >= 0.6 is 27.5 Å². The molecule has 0 spiro atoms. The highest BCUT2D eigenvalue weighted by molar-refractivity contribution is 9.10. The van der Waals surface area contributed by atoms with Crippen molar-refractivity contribution >= 4 is 57.1 Å². The number of barbiturate groups is 1. The second-order valence-corrected chi connectivity index (χ2v) is 8.68. The first-order valence-electron chi connectivity index (χ1n) is 9.97. The van der Waals surface area contributed by atoms with Gasteiger partial charge in [-0.05, 0) is 60.0 Å². The molecule has 166 valence electrons. The largest absolute Gasteiger partial charge is 0.487 e. The molecule has 1 aliphatic rings. The van der Waals surface area contributed by atoms with Crippen LogP contribution in [0.3, 0.4) is 0 Å². The van der Waals surface area contributed by atoms with Crippen LogP contribution < -0.4 is 15.0 Å². The van der Waals surface area contributed by atoms with E-state index in [2.05, 4.69) is 21.2 Å². The molecule has 0 atom stereocenters. The maximum atomic E-state index is 13.1. The van der Waals surface area contributed by atoms with Crippen LogP contribution in [-0.4, -0.2) is 17.8 Å². The van der Waals surface area contributed by atoms with E-state index in [4.69, 9.17) is 16.3 Å². The quantitative estimate of drug-likeness (QED) is 0.345. The van der Waals surface area contributed by atoms with Crippen LogP contribution in [-0.2, 0) is 16.2 Å². The second kappa shape index (κ2) is 9.60. The number of aryl methyl sites for hydroxylation is 1. The lowest BCUT2D eigenvalue weighted by Gasteiger charge is -2.27. The molecule has 0 bridgehead atoms. The van der Waals surface area contributed by atoms with Crippen molar-refractivity contribution in [3.8, 4) is 5.75 Å². The Morgan fingerprint density at radius 2 is 1.79 bits per heavy atom. The Hall–Kier alpha value is -3.42. The van der Waals surface area contributed by atoms with Crippen molar-refractivity contribution in [2.45, 2.75) is 13.5 Å². The summed E-state index contributed by atoms with van der Waals surface area (Å²) in [7, 11) is 0. The molecule has 3 aromatic carbocycles. The van der Waals surface area contributed by atoms with Gasteiger partial charge in [0.2, 0.25) is 0 Å². The van der Waals surface area contributed by atoms with Crippen LogP contribution in [0.2, 0.25) is 5.02 Å². The molecule has 1 aliphatic heterocycles. The number of hydrogen-bond donors (Lipinski definition) is 1. The summed E-state index contributed by atoms with van der Waals surface area (Å²) in [4.78, 5) is 38.9. The molecule has 0 aromatic heterocycles. The van der Waals surface area contributed by atoms with Gasteiger partial charge in [-0.15, -0.1) is 0 Å². The third kappa shape index (κ3) is 4.99. The van der Waals surface area contributed by atoms with Crippen LogP contribution in [0, 0.1) is 6.92 Å². The normalized spacial score (nSPS) is 15.1. The lowest BCUT2D eigenvalue weighted by atomic mass is 10.1. The number of halogens is 2. The molecule has 4 rings (SSSR count). The van der Waals surface area contributed by atoms with E-state index >= 15 is 0 Å². The van der Waals surface area contributed by atoms with Crippen molar-refractivity contribution in [3.63, 3.8) is 0 Å². The van der Waals surface area contributed by atoms with E-state index < -0.39 is 17.8 Å². The van der Waals surface area contributed by atoms with Gasteiger partial charge in [-0.2, -0.15) is 0 Å². The van der Waals surface area contributed by atoms with E-state index in [1.807, 2.05) is 30.3 Å². The standard InChI is InChI=1S/C25H18BrClN2O4/c1-15-11-18(26)8-9-21(15)29-24(31)19(23(30)28-25(29)32)12-17-7-10-22(20(27)13-17)33-14-16-5-3-2-4-6-16/h2-13H,14H2,1H3,(H,28,30,32)/b19-12-. The molecule has 1 heterocycles. The van der Waals surface area contributed by atoms with E-state index in [0.717, 1.165) is 14.9 Å². The van der Waals surface area contributed by atoms with Gasteiger partial charge >= 0.3 is 6.03 Å². The monoisotopic (exact) mass is 524 g/mol. The number of nitrogens with zero attached hydrogens (tertiary/aromatic N) is 1. The Labute approximate surface area is 203 Å². The minimum Gasteiger partial charge on any atom is -0.487 e. The Morgan fingerprint density at radius 3 is 2.48 bits per heavy atom. The molecule has 0 aliphatic carbocycles. The third-order valence-corrected chi connectivity index (χ3v) is 5.79. The summed E-state index contributed by atoms with van der Waals surface area (Å²) in [5.41, 5.74) is 2.43. The minimum absolute atomic E-state index is 0.175. The summed E-state index contributed by atoms with van der Waals surface area (Å²) in [6, 6.07) is 19.0. The lowest BCUT2D eigenvalue weighted by molar-refractivity contribution is -0.122. The summed E-state index contributed by atoms with van der Waals surface area (Å²) in [6.45, 7) is 2.12. The van der Waals surface area contributed by atoms with Crippen molar-refractivity contribution in [2.75, 3.05) is 4.90 Å². The molecular weight excluding hydrogens is 508 g/mol. The zero-order valence-electron chi connectivity index (χ0n) is 17.5. The van der Waals surface area contributed by atoms with Crippen LogP contribution in [0.5, 0.6) is 5.75 Å². The molecule has 3 aromatic rings. The number of hydrogen-bond acceptors (Lipinski definition) is 4. The molecular formula is C25H18BrClN2O4. The third-order valence-electron chi connectivity index (χ3n) is 5.01. The fourth-order valence-corrected chi connectivity index (χ4v) is 4.09. The highest BCUT2D eigenvalue weighted by Gasteiger charge is 2.37. The smallest absolute Gasteiger partial charge is 0.335 e. The Bertz CT molecular complexity index is 1290. The van der Waals surface area contributed by atoms with Gasteiger partial charge in [0.15, 0.2) is 0 Å². The topological polar surface area (TPSA) is 75.7 Å². The van der Waals surface area contributed by atoms with E-state index in [1.54, 1.807) is 43.3 Å². The Balaban J connectivity index is 1.59. The fraction of sp³-hybridized carbons (Fsp3) is 0.0800. The van der Waals surface area contributed by atoms with E-state index in [9.17, 15) is 14.4 Å². The minimum atomic E-state index is -0.796. The highest BCUT2D eigenvalue weighted by Crippen LogP contribution is 2.30. The van der Waals surface area contributed by atoms with Gasteiger partial charge in [-0.3, -0.25) is 14.9 Å². The maximum Gasteiger partial charge on any atom is 0.335 e. The molecule has 4 amide bonds. The SMILES string of the molecule is Cc1cc(Br)ccc1N1C(=O)NC(=O)/C(=C/c2ccc(OCc3ccccc3)c(Cl)c2)C1=O. The van der Waals surface area contributed by atoms with Crippen LogP contribution in [0.15, 0.2) is 76.8 Å². The predicted molar refractivity (Wildman–Crippen MR) is 130 cm³/mol. The van der Waals surface area contributed by atoms with Gasteiger partial charge in [-0.1, -0.05) is 63.9 Å². The summed E-state index contributed by atoms with van der Waals surface area (Å²) in [5.74, 6) is -1.00. The van der Waals surface area contributed by atoms with Crippen molar-refractivity contribution < 1.29 is 19.1 Å². The van der Waals surface area contributed by atoms with Gasteiger partial charge in [0, 0.05) is 4.47 Å². The predicted octanol–water partition coefficient (Wildman–Crippen LogP) is 5.66. The van der Waals surface area contributed by atoms with Crippen LogP contribution in [0.1, 0.15) is 16.7 Å². The number of rotatable bonds is 5. The molecule has 0 unspecified atom stereocenters. The highest BCUT2D eigenvalue weighted by atomic mass is 79.9. The molecule has 33 heavy (non-hydrogen) atoms. The molecule has 1 fully saturated rings. The van der Waals surface area contributed by atoms with Gasteiger partial charge in [0.1, 0.15) is 17.9 Å².